The Hall–Kier alpha value is -5.64. The first kappa shape index (κ1) is 34.1. The van der Waals surface area contributed by atoms with Crippen molar-refractivity contribution < 1.29 is 32.3 Å². The number of halogens is 2. The molecule has 0 radical (unpaired) electrons. The van der Waals surface area contributed by atoms with Crippen LogP contribution in [0.25, 0.3) is 56.2 Å². The molecule has 54 heavy (non-hydrogen) atoms. The second-order valence-electron chi connectivity index (χ2n) is 14.8. The number of hydrogen-bond donors (Lipinski definition) is 1. The van der Waals surface area contributed by atoms with Crippen LogP contribution in [0.2, 0.25) is 0 Å². The van der Waals surface area contributed by atoms with Crippen LogP contribution in [0.1, 0.15) is 53.5 Å². The third kappa shape index (κ3) is 5.97. The van der Waals surface area contributed by atoms with Crippen LogP contribution in [-0.4, -0.2) is 62.6 Å². The molecule has 12 heteroatoms. The lowest BCUT2D eigenvalue weighted by Gasteiger charge is -2.25. The van der Waals surface area contributed by atoms with E-state index in [2.05, 4.69) is 11.0 Å². The van der Waals surface area contributed by atoms with Crippen LogP contribution in [0.4, 0.5) is 8.78 Å². The highest BCUT2D eigenvalue weighted by Gasteiger charge is 2.42. The van der Waals surface area contributed by atoms with Gasteiger partial charge in [-0.25, -0.2) is 9.97 Å². The smallest absolute Gasteiger partial charge is 0.387 e. The Morgan fingerprint density at radius 2 is 1.63 bits per heavy atom. The quantitative estimate of drug-likeness (QED) is 0.146. The number of hydrogen-bond acceptors (Lipinski definition) is 9. The zero-order valence-corrected chi connectivity index (χ0v) is 29.8. The van der Waals surface area contributed by atoms with Crippen molar-refractivity contribution in [2.75, 3.05) is 13.1 Å². The van der Waals surface area contributed by atoms with Crippen LogP contribution in [0.15, 0.2) is 69.5 Å². The summed E-state index contributed by atoms with van der Waals surface area (Å²) in [5, 5.41) is 19.7. The van der Waals surface area contributed by atoms with Crippen molar-refractivity contribution in [3.8, 4) is 45.9 Å². The maximum absolute atomic E-state index is 13.5. The summed E-state index contributed by atoms with van der Waals surface area (Å²) < 4.78 is 44.4. The number of rotatable bonds is 10. The van der Waals surface area contributed by atoms with Crippen molar-refractivity contribution in [1.29, 1.82) is 5.26 Å². The van der Waals surface area contributed by atoms with Crippen molar-refractivity contribution in [2.45, 2.75) is 71.3 Å². The lowest BCUT2D eigenvalue weighted by molar-refractivity contribution is -0.142. The summed E-state index contributed by atoms with van der Waals surface area (Å²) in [6, 6.07) is 21.1. The predicted molar refractivity (Wildman–Crippen MR) is 197 cm³/mol. The number of alkyl halides is 2. The van der Waals surface area contributed by atoms with E-state index in [1.165, 1.54) is 18.9 Å². The summed E-state index contributed by atoms with van der Waals surface area (Å²) in [4.78, 5) is 25.7. The molecule has 2 aromatic heterocycles. The largest absolute Gasteiger partial charge is 0.480 e. The summed E-state index contributed by atoms with van der Waals surface area (Å²) in [6.07, 6.45) is 3.73. The topological polar surface area (TPSA) is 129 Å². The first-order valence-corrected chi connectivity index (χ1v) is 18.3. The molecule has 1 aliphatic carbocycles. The van der Waals surface area contributed by atoms with Crippen molar-refractivity contribution in [3.05, 3.63) is 88.5 Å². The summed E-state index contributed by atoms with van der Waals surface area (Å²) in [5.74, 6) is 0.544. The second kappa shape index (κ2) is 13.3. The molecular weight excluding hydrogens is 692 g/mol. The van der Waals surface area contributed by atoms with Crippen molar-refractivity contribution >= 4 is 28.2 Å². The summed E-state index contributed by atoms with van der Waals surface area (Å²) in [5.41, 5.74) is 9.07. The number of carboxylic acids is 1. The second-order valence-corrected chi connectivity index (χ2v) is 14.8. The van der Waals surface area contributed by atoms with Gasteiger partial charge >= 0.3 is 12.6 Å². The van der Waals surface area contributed by atoms with Crippen LogP contribution >= 0.6 is 0 Å². The van der Waals surface area contributed by atoms with Gasteiger partial charge in [0.1, 0.15) is 28.9 Å². The number of benzene rings is 4. The van der Waals surface area contributed by atoms with Gasteiger partial charge in [-0.1, -0.05) is 24.3 Å². The number of carbonyl (C=O) groups is 1. The molecule has 3 aliphatic heterocycles. The Bertz CT molecular complexity index is 2500. The highest BCUT2D eigenvalue weighted by atomic mass is 19.3. The van der Waals surface area contributed by atoms with Crippen LogP contribution in [0.5, 0.6) is 5.75 Å². The molecule has 4 fully saturated rings. The fourth-order valence-corrected chi connectivity index (χ4v) is 8.71. The molecule has 4 aliphatic rings. The van der Waals surface area contributed by atoms with Gasteiger partial charge in [-0.2, -0.15) is 14.0 Å². The average Bonchev–Trinajstić information content (AvgIpc) is 3.97. The first-order chi connectivity index (χ1) is 26.1. The molecule has 1 atom stereocenters. The minimum Gasteiger partial charge on any atom is -0.480 e. The monoisotopic (exact) mass is 729 g/mol. The van der Waals surface area contributed by atoms with Crippen LogP contribution in [-0.2, 0) is 17.9 Å². The number of oxazole rings is 2. The van der Waals surface area contributed by atoms with Crippen LogP contribution in [0.3, 0.4) is 0 Å². The highest BCUT2D eigenvalue weighted by Crippen LogP contribution is 2.42. The average molecular weight is 730 g/mol. The molecule has 0 spiro atoms. The standard InChI is InChI=1S/C42H37F2N5O5/c1-22-29(6-3-8-31(22)39-46-33-16-27(21-48-11-5-10-35(48)41(50)51)36(53-42(43)44)17-37(33)52-39)30-7-4-9-32(23(30)2)40-47-34-15-24(12-26(18-45)38(34)54-40)19-49-20-25-13-28(49)14-25/h3-4,6-9,12,15-17,25,28,35,42H,5,10-11,13-14,19-21H2,1-2H3,(H,50,51)/t25?,28?,35-/m0/s1. The number of nitriles is 1. The van der Waals surface area contributed by atoms with E-state index in [1.807, 2.05) is 62.4 Å². The molecule has 0 amide bonds. The van der Waals surface area contributed by atoms with Gasteiger partial charge in [0.05, 0.1) is 5.56 Å². The number of ether oxygens (including phenoxy) is 1. The Kier molecular flexibility index (Phi) is 8.43. The zero-order valence-electron chi connectivity index (χ0n) is 29.8. The number of nitrogens with zero attached hydrogens (tertiary/aromatic N) is 5. The van der Waals surface area contributed by atoms with Crippen LogP contribution in [0, 0.1) is 31.1 Å². The third-order valence-electron chi connectivity index (χ3n) is 11.5. The van der Waals surface area contributed by atoms with Gasteiger partial charge in [0, 0.05) is 48.4 Å². The number of aromatic nitrogens is 2. The predicted octanol–water partition coefficient (Wildman–Crippen LogP) is 8.70. The lowest BCUT2D eigenvalue weighted by Crippen LogP contribution is -2.35. The molecule has 10 nitrogen and oxygen atoms in total. The van der Waals surface area contributed by atoms with Gasteiger partial charge in [-0.3, -0.25) is 14.6 Å². The SMILES string of the molecule is Cc1c(-c2nc3cc(CN4CCC[C@H]4C(=O)O)c(OC(F)F)cc3o2)cccc1-c1cccc(-c2nc3cc(CN4CC5CC4C5)cc(C#N)c3o2)c1C. The van der Waals surface area contributed by atoms with Crippen LogP contribution < -0.4 is 4.74 Å². The fourth-order valence-electron chi connectivity index (χ4n) is 8.71. The van der Waals surface area contributed by atoms with E-state index in [-0.39, 0.29) is 17.9 Å². The highest BCUT2D eigenvalue weighted by molar-refractivity contribution is 5.86. The maximum Gasteiger partial charge on any atom is 0.387 e. The van der Waals surface area contributed by atoms with Gasteiger partial charge in [0.2, 0.25) is 11.8 Å². The Labute approximate surface area is 309 Å². The van der Waals surface area contributed by atoms with E-state index < -0.39 is 18.6 Å². The van der Waals surface area contributed by atoms with Gasteiger partial charge < -0.3 is 18.7 Å². The van der Waals surface area contributed by atoms with Gasteiger partial charge in [0.25, 0.3) is 0 Å². The first-order valence-electron chi connectivity index (χ1n) is 18.3. The van der Waals surface area contributed by atoms with Gasteiger partial charge in [0.15, 0.2) is 11.2 Å². The summed E-state index contributed by atoms with van der Waals surface area (Å²) in [6.45, 7) is 3.50. The maximum atomic E-state index is 13.5. The number of fused-ring (bicyclic) bond motifs is 3. The van der Waals surface area contributed by atoms with Gasteiger partial charge in [-0.15, -0.1) is 0 Å². The van der Waals surface area contributed by atoms with Gasteiger partial charge in [-0.05, 0) is 110 Å². The van der Waals surface area contributed by atoms with E-state index in [9.17, 15) is 23.9 Å². The molecule has 6 aromatic rings. The number of aliphatic carboxylic acids is 1. The molecule has 3 saturated heterocycles. The van der Waals surface area contributed by atoms with E-state index >= 15 is 0 Å². The molecular formula is C42H37F2N5O5. The molecule has 2 bridgehead atoms. The third-order valence-corrected chi connectivity index (χ3v) is 11.5. The van der Waals surface area contributed by atoms with E-state index in [1.54, 1.807) is 11.0 Å². The normalized spacial score (nSPS) is 19.9. The summed E-state index contributed by atoms with van der Waals surface area (Å²) in [7, 11) is 0. The minimum atomic E-state index is -3.07. The molecule has 10 rings (SSSR count). The van der Waals surface area contributed by atoms with Crippen molar-refractivity contribution in [2.24, 2.45) is 5.92 Å². The number of likely N-dealkylation sites (tertiary alicyclic amines) is 1. The molecule has 0 unspecified atom stereocenters. The minimum absolute atomic E-state index is 0.0746. The van der Waals surface area contributed by atoms with Crippen molar-refractivity contribution in [1.82, 2.24) is 19.8 Å². The Balaban J connectivity index is 1.05. The Morgan fingerprint density at radius 3 is 2.28 bits per heavy atom. The Morgan fingerprint density at radius 1 is 0.944 bits per heavy atom. The molecule has 1 N–H and O–H groups in total. The fraction of sp³-hybridized carbons (Fsp3) is 0.333. The molecule has 274 valence electrons. The zero-order chi connectivity index (χ0) is 37.2. The lowest BCUT2D eigenvalue weighted by atomic mass is 9.86. The molecule has 4 aromatic carbocycles. The number of carboxylic acid groups (broad SMARTS) is 1. The molecule has 5 heterocycles. The van der Waals surface area contributed by atoms with E-state index in [4.69, 9.17) is 23.5 Å². The van der Waals surface area contributed by atoms with E-state index in [0.717, 1.165) is 58.0 Å². The van der Waals surface area contributed by atoms with E-state index in [0.29, 0.717) is 65.0 Å². The molecule has 1 saturated carbocycles. The summed E-state index contributed by atoms with van der Waals surface area (Å²) >= 11 is 0. The van der Waals surface area contributed by atoms with Crippen molar-refractivity contribution in [3.63, 3.8) is 0 Å².